The van der Waals surface area contributed by atoms with Crippen LogP contribution in [0.4, 0.5) is 0 Å². The van der Waals surface area contributed by atoms with E-state index in [9.17, 15) is 0 Å². The molecule has 0 aromatic rings. The topological polar surface area (TPSA) is 21.3 Å². The Balaban J connectivity index is 2.30. The molecule has 1 saturated carbocycles. The van der Waals surface area contributed by atoms with Crippen LogP contribution in [0.1, 0.15) is 60.3 Å². The predicted octanol–water partition coefficient (Wildman–Crippen LogP) is 3.52. The third-order valence-electron chi connectivity index (χ3n) is 3.19. The monoisotopic (exact) mass is 213 g/mol. The van der Waals surface area contributed by atoms with Gasteiger partial charge < -0.3 is 0 Å². The maximum absolute atomic E-state index is 5.65. The van der Waals surface area contributed by atoms with Crippen molar-refractivity contribution < 1.29 is 4.84 Å². The Morgan fingerprint density at radius 1 is 1.20 bits per heavy atom. The van der Waals surface area contributed by atoms with Crippen molar-refractivity contribution in [1.29, 1.82) is 0 Å². The van der Waals surface area contributed by atoms with Crippen LogP contribution in [-0.2, 0) is 4.84 Å². The van der Waals surface area contributed by atoms with Gasteiger partial charge in [0.25, 0.3) is 0 Å². The third kappa shape index (κ3) is 4.98. The van der Waals surface area contributed by atoms with Crippen molar-refractivity contribution in [2.75, 3.05) is 0 Å². The van der Waals surface area contributed by atoms with Crippen LogP contribution in [0.2, 0.25) is 0 Å². The van der Waals surface area contributed by atoms with E-state index in [1.807, 2.05) is 0 Å². The second kappa shape index (κ2) is 5.31. The highest BCUT2D eigenvalue weighted by Gasteiger charge is 2.25. The molecule has 90 valence electrons. The normalized spacial score (nSPS) is 28.4. The standard InChI is InChI=1S/C13H27NO/c1-10(2)11-7-6-8-12(9-11)14-15-13(3,4)5/h10-12,14H,6-9H2,1-5H3. The second-order valence-electron chi connectivity index (χ2n) is 6.20. The van der Waals surface area contributed by atoms with Crippen LogP contribution in [0, 0.1) is 11.8 Å². The fourth-order valence-corrected chi connectivity index (χ4v) is 2.20. The average molecular weight is 213 g/mol. The molecule has 0 aliphatic heterocycles. The Kier molecular flexibility index (Phi) is 4.60. The maximum Gasteiger partial charge on any atom is 0.0813 e. The summed E-state index contributed by atoms with van der Waals surface area (Å²) in [7, 11) is 0. The molecule has 1 aliphatic rings. The lowest BCUT2D eigenvalue weighted by Crippen LogP contribution is -2.40. The molecule has 2 unspecified atom stereocenters. The van der Waals surface area contributed by atoms with E-state index in [-0.39, 0.29) is 5.60 Å². The van der Waals surface area contributed by atoms with Gasteiger partial charge in [0.05, 0.1) is 5.60 Å². The first-order valence-corrected chi connectivity index (χ1v) is 6.32. The van der Waals surface area contributed by atoms with E-state index >= 15 is 0 Å². The van der Waals surface area contributed by atoms with Crippen molar-refractivity contribution in [1.82, 2.24) is 5.48 Å². The molecule has 0 aromatic carbocycles. The van der Waals surface area contributed by atoms with Gasteiger partial charge in [-0.15, -0.1) is 0 Å². The number of hydrogen-bond acceptors (Lipinski definition) is 2. The fourth-order valence-electron chi connectivity index (χ4n) is 2.20. The van der Waals surface area contributed by atoms with Gasteiger partial charge in [-0.05, 0) is 45.4 Å². The van der Waals surface area contributed by atoms with Gasteiger partial charge in [-0.3, -0.25) is 4.84 Å². The molecule has 15 heavy (non-hydrogen) atoms. The minimum absolute atomic E-state index is 0.0786. The Morgan fingerprint density at radius 3 is 2.40 bits per heavy atom. The van der Waals surface area contributed by atoms with Crippen LogP contribution >= 0.6 is 0 Å². The van der Waals surface area contributed by atoms with Gasteiger partial charge in [-0.25, -0.2) is 0 Å². The largest absolute Gasteiger partial charge is 0.296 e. The molecule has 0 aromatic heterocycles. The summed E-state index contributed by atoms with van der Waals surface area (Å²) in [5.41, 5.74) is 3.17. The smallest absolute Gasteiger partial charge is 0.0813 e. The molecule has 0 spiro atoms. The Labute approximate surface area is 94.7 Å². The predicted molar refractivity (Wildman–Crippen MR) is 64.6 cm³/mol. The van der Waals surface area contributed by atoms with E-state index in [1.165, 1.54) is 25.7 Å². The van der Waals surface area contributed by atoms with Crippen molar-refractivity contribution >= 4 is 0 Å². The maximum atomic E-state index is 5.65. The lowest BCUT2D eigenvalue weighted by atomic mass is 9.79. The molecule has 2 nitrogen and oxygen atoms in total. The Morgan fingerprint density at radius 2 is 1.87 bits per heavy atom. The van der Waals surface area contributed by atoms with Crippen molar-refractivity contribution in [3.8, 4) is 0 Å². The third-order valence-corrected chi connectivity index (χ3v) is 3.19. The summed E-state index contributed by atoms with van der Waals surface area (Å²) in [6, 6.07) is 0.561. The molecule has 1 aliphatic carbocycles. The van der Waals surface area contributed by atoms with E-state index in [2.05, 4.69) is 40.1 Å². The van der Waals surface area contributed by atoms with Gasteiger partial charge >= 0.3 is 0 Å². The Bertz CT molecular complexity index is 183. The number of hydroxylamine groups is 1. The molecule has 0 saturated heterocycles. The zero-order valence-electron chi connectivity index (χ0n) is 11.0. The van der Waals surface area contributed by atoms with E-state index in [4.69, 9.17) is 4.84 Å². The van der Waals surface area contributed by atoms with Crippen LogP contribution in [0.5, 0.6) is 0 Å². The van der Waals surface area contributed by atoms with E-state index in [1.54, 1.807) is 0 Å². The minimum Gasteiger partial charge on any atom is -0.296 e. The highest BCUT2D eigenvalue weighted by Crippen LogP contribution is 2.30. The molecule has 0 heterocycles. The number of nitrogens with one attached hydrogen (secondary N) is 1. The summed E-state index contributed by atoms with van der Waals surface area (Å²) in [5.74, 6) is 1.68. The molecule has 0 amide bonds. The molecule has 2 heteroatoms. The van der Waals surface area contributed by atoms with E-state index in [0.717, 1.165) is 11.8 Å². The molecule has 1 N–H and O–H groups in total. The first-order chi connectivity index (χ1) is 6.88. The number of hydrogen-bond donors (Lipinski definition) is 1. The van der Waals surface area contributed by atoms with Crippen molar-refractivity contribution in [2.45, 2.75) is 71.9 Å². The van der Waals surface area contributed by atoms with Gasteiger partial charge in [-0.1, -0.05) is 26.7 Å². The van der Waals surface area contributed by atoms with Gasteiger partial charge in [0.1, 0.15) is 0 Å². The summed E-state index contributed by atoms with van der Waals surface area (Å²) >= 11 is 0. The van der Waals surface area contributed by atoms with E-state index < -0.39 is 0 Å². The molecule has 0 bridgehead atoms. The van der Waals surface area contributed by atoms with Gasteiger partial charge in [0, 0.05) is 6.04 Å². The van der Waals surface area contributed by atoms with Crippen molar-refractivity contribution in [2.24, 2.45) is 11.8 Å². The van der Waals surface area contributed by atoms with E-state index in [0.29, 0.717) is 6.04 Å². The fraction of sp³-hybridized carbons (Fsp3) is 1.00. The lowest BCUT2D eigenvalue weighted by molar-refractivity contribution is -0.0961. The van der Waals surface area contributed by atoms with Gasteiger partial charge in [-0.2, -0.15) is 5.48 Å². The van der Waals surface area contributed by atoms with Crippen molar-refractivity contribution in [3.63, 3.8) is 0 Å². The van der Waals surface area contributed by atoms with Crippen LogP contribution < -0.4 is 5.48 Å². The highest BCUT2D eigenvalue weighted by atomic mass is 16.7. The second-order valence-corrected chi connectivity index (χ2v) is 6.20. The molecular formula is C13H27NO. The van der Waals surface area contributed by atoms with Gasteiger partial charge in [0.15, 0.2) is 0 Å². The first-order valence-electron chi connectivity index (χ1n) is 6.32. The zero-order valence-corrected chi connectivity index (χ0v) is 11.0. The van der Waals surface area contributed by atoms with Crippen LogP contribution in [0.15, 0.2) is 0 Å². The van der Waals surface area contributed by atoms with Crippen LogP contribution in [0.25, 0.3) is 0 Å². The zero-order chi connectivity index (χ0) is 11.5. The summed E-state index contributed by atoms with van der Waals surface area (Å²) in [6.07, 6.45) is 5.27. The summed E-state index contributed by atoms with van der Waals surface area (Å²) in [5, 5.41) is 0. The highest BCUT2D eigenvalue weighted by molar-refractivity contribution is 4.78. The SMILES string of the molecule is CC(C)C1CCCC(NOC(C)(C)C)C1. The molecule has 1 fully saturated rings. The summed E-state index contributed by atoms with van der Waals surface area (Å²) < 4.78 is 0. The summed E-state index contributed by atoms with van der Waals surface area (Å²) in [6.45, 7) is 10.9. The summed E-state index contributed by atoms with van der Waals surface area (Å²) in [4.78, 5) is 5.65. The van der Waals surface area contributed by atoms with Crippen LogP contribution in [0.3, 0.4) is 0 Å². The quantitative estimate of drug-likeness (QED) is 0.724. The van der Waals surface area contributed by atoms with Crippen LogP contribution in [-0.4, -0.2) is 11.6 Å². The molecule has 2 atom stereocenters. The molecular weight excluding hydrogens is 186 g/mol. The molecule has 0 radical (unpaired) electrons. The molecule has 1 rings (SSSR count). The van der Waals surface area contributed by atoms with Crippen molar-refractivity contribution in [3.05, 3.63) is 0 Å². The van der Waals surface area contributed by atoms with Gasteiger partial charge in [0.2, 0.25) is 0 Å². The number of rotatable bonds is 3. The lowest BCUT2D eigenvalue weighted by Gasteiger charge is -2.33. The Hall–Kier alpha value is -0.0800. The minimum atomic E-state index is -0.0786. The average Bonchev–Trinajstić information content (AvgIpc) is 2.14. The first kappa shape index (κ1) is 13.0.